The van der Waals surface area contributed by atoms with E-state index < -0.39 is 17.9 Å². The SMILES string of the molecule is C=C(C)C(=O)OCCC(C)OC(=O)C(=C)C.C=C(C)C(=O)OCCCO. The van der Waals surface area contributed by atoms with Gasteiger partial charge in [0.1, 0.15) is 6.10 Å². The van der Waals surface area contributed by atoms with Crippen molar-refractivity contribution >= 4 is 17.9 Å². The zero-order valence-corrected chi connectivity index (χ0v) is 16.1. The highest BCUT2D eigenvalue weighted by Gasteiger charge is 2.11. The molecule has 0 saturated heterocycles. The molecular formula is C19H30O7. The first-order valence-corrected chi connectivity index (χ1v) is 8.15. The Morgan fingerprint density at radius 2 is 1.27 bits per heavy atom. The van der Waals surface area contributed by atoms with Crippen molar-refractivity contribution < 1.29 is 33.7 Å². The third-order valence-corrected chi connectivity index (χ3v) is 2.65. The van der Waals surface area contributed by atoms with Gasteiger partial charge < -0.3 is 19.3 Å². The Bertz CT molecular complexity index is 520. The Hall–Kier alpha value is -2.41. The van der Waals surface area contributed by atoms with Crippen LogP contribution in [0.5, 0.6) is 0 Å². The van der Waals surface area contributed by atoms with Gasteiger partial charge in [-0.2, -0.15) is 0 Å². The van der Waals surface area contributed by atoms with Gasteiger partial charge in [-0.25, -0.2) is 14.4 Å². The number of aliphatic hydroxyl groups is 1. The molecule has 0 heterocycles. The van der Waals surface area contributed by atoms with Crippen LogP contribution in [0, 0.1) is 0 Å². The lowest BCUT2D eigenvalue weighted by molar-refractivity contribution is -0.145. The standard InChI is InChI=1S/C12H18O4.C7H12O3/c1-8(2)11(13)15-7-6-10(5)16-12(14)9(3)4;1-6(2)7(9)10-5-3-4-8/h10H,1,3,6-7H2,2,4-5H3;8H,1,3-5H2,2H3. The van der Waals surface area contributed by atoms with Crippen LogP contribution in [0.25, 0.3) is 0 Å². The Balaban J connectivity index is 0. The van der Waals surface area contributed by atoms with Crippen molar-refractivity contribution in [1.82, 2.24) is 0 Å². The van der Waals surface area contributed by atoms with Crippen molar-refractivity contribution in [3.63, 3.8) is 0 Å². The van der Waals surface area contributed by atoms with Crippen LogP contribution in [0.1, 0.15) is 40.5 Å². The lowest BCUT2D eigenvalue weighted by Gasteiger charge is -2.13. The molecule has 0 aliphatic heterocycles. The maximum atomic E-state index is 11.1. The number of hydrogen-bond donors (Lipinski definition) is 1. The van der Waals surface area contributed by atoms with Crippen molar-refractivity contribution in [2.45, 2.75) is 46.6 Å². The largest absolute Gasteiger partial charge is 0.462 e. The second-order valence-electron chi connectivity index (χ2n) is 5.69. The van der Waals surface area contributed by atoms with E-state index in [1.54, 1.807) is 27.7 Å². The number of hydrogen-bond acceptors (Lipinski definition) is 7. The summed E-state index contributed by atoms with van der Waals surface area (Å²) in [5, 5.41) is 8.30. The molecule has 0 fully saturated rings. The molecule has 148 valence electrons. The van der Waals surface area contributed by atoms with Gasteiger partial charge in [-0.1, -0.05) is 19.7 Å². The summed E-state index contributed by atoms with van der Waals surface area (Å²) in [4.78, 5) is 32.7. The first-order valence-electron chi connectivity index (χ1n) is 8.15. The van der Waals surface area contributed by atoms with Crippen LogP contribution in [0.4, 0.5) is 0 Å². The molecule has 0 aliphatic carbocycles. The van der Waals surface area contributed by atoms with E-state index in [2.05, 4.69) is 24.5 Å². The summed E-state index contributed by atoms with van der Waals surface area (Å²) in [6, 6.07) is 0. The van der Waals surface area contributed by atoms with E-state index in [1.807, 2.05) is 0 Å². The van der Waals surface area contributed by atoms with Gasteiger partial charge in [-0.15, -0.1) is 0 Å². The summed E-state index contributed by atoms with van der Waals surface area (Å²) in [5.74, 6) is -1.26. The highest BCUT2D eigenvalue weighted by Crippen LogP contribution is 2.03. The van der Waals surface area contributed by atoms with Crippen molar-refractivity contribution in [2.75, 3.05) is 19.8 Å². The van der Waals surface area contributed by atoms with E-state index >= 15 is 0 Å². The third kappa shape index (κ3) is 15.1. The Labute approximate surface area is 155 Å². The van der Waals surface area contributed by atoms with Gasteiger partial charge in [0.2, 0.25) is 0 Å². The summed E-state index contributed by atoms with van der Waals surface area (Å²) in [5.41, 5.74) is 1.09. The summed E-state index contributed by atoms with van der Waals surface area (Å²) in [6.45, 7) is 17.3. The molecule has 0 amide bonds. The summed E-state index contributed by atoms with van der Waals surface area (Å²) >= 11 is 0. The van der Waals surface area contributed by atoms with Gasteiger partial charge in [0.15, 0.2) is 0 Å². The highest BCUT2D eigenvalue weighted by atomic mass is 16.6. The Kier molecular flexibility index (Phi) is 14.8. The van der Waals surface area contributed by atoms with Gasteiger partial charge in [-0.3, -0.25) is 0 Å². The predicted octanol–water partition coefficient (Wildman–Crippen LogP) is 2.49. The molecule has 7 nitrogen and oxygen atoms in total. The van der Waals surface area contributed by atoms with E-state index in [4.69, 9.17) is 14.6 Å². The maximum absolute atomic E-state index is 11.1. The first kappa shape index (κ1) is 25.8. The quantitative estimate of drug-likeness (QED) is 0.273. The maximum Gasteiger partial charge on any atom is 0.333 e. The van der Waals surface area contributed by atoms with Crippen LogP contribution in [0.3, 0.4) is 0 Å². The van der Waals surface area contributed by atoms with E-state index in [1.165, 1.54) is 0 Å². The van der Waals surface area contributed by atoms with Crippen molar-refractivity contribution in [3.8, 4) is 0 Å². The summed E-state index contributed by atoms with van der Waals surface area (Å²) in [7, 11) is 0. The van der Waals surface area contributed by atoms with Crippen molar-refractivity contribution in [2.24, 2.45) is 0 Å². The normalized spacial score (nSPS) is 10.5. The van der Waals surface area contributed by atoms with Gasteiger partial charge >= 0.3 is 17.9 Å². The minimum absolute atomic E-state index is 0.0451. The van der Waals surface area contributed by atoms with Crippen LogP contribution < -0.4 is 0 Å². The highest BCUT2D eigenvalue weighted by molar-refractivity contribution is 5.87. The number of ether oxygens (including phenoxy) is 3. The molecule has 0 radical (unpaired) electrons. The number of rotatable bonds is 10. The van der Waals surface area contributed by atoms with Crippen molar-refractivity contribution in [1.29, 1.82) is 0 Å². The fourth-order valence-electron chi connectivity index (χ4n) is 1.14. The van der Waals surface area contributed by atoms with Crippen LogP contribution in [0.2, 0.25) is 0 Å². The predicted molar refractivity (Wildman–Crippen MR) is 98.2 cm³/mol. The van der Waals surface area contributed by atoms with E-state index in [0.29, 0.717) is 29.6 Å². The summed E-state index contributed by atoms with van der Waals surface area (Å²) in [6.07, 6.45) is 0.638. The molecule has 26 heavy (non-hydrogen) atoms. The topological polar surface area (TPSA) is 99.1 Å². The summed E-state index contributed by atoms with van der Waals surface area (Å²) < 4.78 is 14.5. The smallest absolute Gasteiger partial charge is 0.333 e. The van der Waals surface area contributed by atoms with Gasteiger partial charge in [0, 0.05) is 36.2 Å². The second kappa shape index (κ2) is 14.9. The third-order valence-electron chi connectivity index (χ3n) is 2.65. The molecule has 0 rings (SSSR count). The Morgan fingerprint density at radius 3 is 1.65 bits per heavy atom. The molecule has 0 aliphatic rings. The van der Waals surface area contributed by atoms with Gasteiger partial charge in [0.05, 0.1) is 13.2 Å². The molecular weight excluding hydrogens is 340 g/mol. The zero-order valence-electron chi connectivity index (χ0n) is 16.1. The average molecular weight is 370 g/mol. The molecule has 1 atom stereocenters. The monoisotopic (exact) mass is 370 g/mol. The Morgan fingerprint density at radius 1 is 0.846 bits per heavy atom. The van der Waals surface area contributed by atoms with Crippen LogP contribution in [-0.4, -0.2) is 48.9 Å². The molecule has 0 bridgehead atoms. The van der Waals surface area contributed by atoms with Crippen LogP contribution >= 0.6 is 0 Å². The number of carbonyl (C=O) groups excluding carboxylic acids is 3. The molecule has 7 heteroatoms. The second-order valence-corrected chi connectivity index (χ2v) is 5.69. The fraction of sp³-hybridized carbons (Fsp3) is 0.526. The molecule has 1 N–H and O–H groups in total. The minimum Gasteiger partial charge on any atom is -0.462 e. The molecule has 0 aromatic heterocycles. The minimum atomic E-state index is -0.432. The molecule has 0 aromatic carbocycles. The average Bonchev–Trinajstić information content (AvgIpc) is 2.54. The van der Waals surface area contributed by atoms with Gasteiger partial charge in [0.25, 0.3) is 0 Å². The molecule has 1 unspecified atom stereocenters. The van der Waals surface area contributed by atoms with Crippen LogP contribution in [-0.2, 0) is 28.6 Å². The molecule has 0 spiro atoms. The van der Waals surface area contributed by atoms with Gasteiger partial charge in [-0.05, 0) is 27.7 Å². The van der Waals surface area contributed by atoms with E-state index in [0.717, 1.165) is 0 Å². The van der Waals surface area contributed by atoms with Crippen LogP contribution in [0.15, 0.2) is 36.5 Å². The molecule has 0 saturated carbocycles. The number of aliphatic hydroxyl groups excluding tert-OH is 1. The first-order chi connectivity index (χ1) is 12.0. The fourth-order valence-corrected chi connectivity index (χ4v) is 1.14. The van der Waals surface area contributed by atoms with E-state index in [-0.39, 0.29) is 25.9 Å². The lowest BCUT2D eigenvalue weighted by atomic mass is 10.3. The van der Waals surface area contributed by atoms with E-state index in [9.17, 15) is 14.4 Å². The van der Waals surface area contributed by atoms with Crippen molar-refractivity contribution in [3.05, 3.63) is 36.5 Å². The lowest BCUT2D eigenvalue weighted by Crippen LogP contribution is -2.18. The zero-order chi connectivity index (χ0) is 20.7. The number of carbonyl (C=O) groups is 3. The number of esters is 3. The molecule has 0 aromatic rings.